The standard InChI is InChI=1S/C60H40N2O2.C46H30N2O3/c1-37-19-23-39(24-20-37)41-27-31-53(47-15-7-3-11-43(41)47)59(63)55-33-29-51(45-13-5-9-17-49(45)55)57-35-62-58(36-61-57)52-30-34-56(50-18-10-6-14-46(50)52)60(64)54-32-28-42(40-25-21-38(2)22-26-40)44-12-4-8-16-48(44)54;49-45(39-21-9-13-29-11-1-3-15-33(29)39)41-25-23-31(35-17-5-7-19-37(35)41)27-43-47-48-44(51-43)28-32-24-26-42(38-20-8-6-18-36(32)38)46(50)40-22-10-14-30-12-2-4-16-34(30)40/h3-36H,1-2H3;1-26H,27-28H2. The molecular weight excluding hydrogens is 1410 g/mol. The van der Waals surface area contributed by atoms with Crippen molar-refractivity contribution in [2.45, 2.75) is 26.7 Å². The Kier molecular flexibility index (Phi) is 18.3. The Bertz CT molecular complexity index is 6880. The molecule has 115 heavy (non-hydrogen) atoms. The smallest absolute Gasteiger partial charge is 0.220 e. The molecule has 0 bridgehead atoms. The average Bonchev–Trinajstić information content (AvgIpc) is 0.830. The maximum absolute atomic E-state index is 14.6. The van der Waals surface area contributed by atoms with Gasteiger partial charge in [-0.15, -0.1) is 10.2 Å². The molecule has 0 saturated heterocycles. The molecule has 9 heteroatoms. The minimum atomic E-state index is -0.0305. The van der Waals surface area contributed by atoms with E-state index in [1.165, 1.54) is 11.1 Å². The number of carbonyl (C=O) groups excluding carboxylic acids is 4. The van der Waals surface area contributed by atoms with Crippen molar-refractivity contribution in [2.24, 2.45) is 0 Å². The maximum Gasteiger partial charge on any atom is 0.220 e. The summed E-state index contributed by atoms with van der Waals surface area (Å²) < 4.78 is 6.22. The Hall–Kier alpha value is -15.1. The van der Waals surface area contributed by atoms with Gasteiger partial charge in [-0.1, -0.05) is 339 Å². The van der Waals surface area contributed by atoms with Crippen molar-refractivity contribution in [1.82, 2.24) is 20.2 Å². The summed E-state index contributed by atoms with van der Waals surface area (Å²) in [7, 11) is 0. The summed E-state index contributed by atoms with van der Waals surface area (Å²) >= 11 is 0. The lowest BCUT2D eigenvalue weighted by atomic mass is 9.89. The third-order valence-corrected chi connectivity index (χ3v) is 22.4. The van der Waals surface area contributed by atoms with Crippen LogP contribution in [0.5, 0.6) is 0 Å². The number of aryl methyl sites for hydroxylation is 2. The third kappa shape index (κ3) is 13.1. The fourth-order valence-electron chi connectivity index (χ4n) is 16.6. The highest BCUT2D eigenvalue weighted by atomic mass is 16.4. The Morgan fingerprint density at radius 2 is 0.487 bits per heavy atom. The fraction of sp³-hybridized carbons (Fsp3) is 0.0377. The topological polar surface area (TPSA) is 133 Å². The van der Waals surface area contributed by atoms with E-state index in [0.717, 1.165) is 131 Å². The summed E-state index contributed by atoms with van der Waals surface area (Å²) in [5.41, 5.74) is 17.3. The number of hydrogen-bond acceptors (Lipinski definition) is 9. The molecule has 0 saturated carbocycles. The molecule has 20 aromatic rings. The van der Waals surface area contributed by atoms with E-state index >= 15 is 0 Å². The van der Waals surface area contributed by atoms with Crippen LogP contribution in [0.15, 0.2) is 369 Å². The highest BCUT2D eigenvalue weighted by Gasteiger charge is 2.25. The van der Waals surface area contributed by atoms with Crippen LogP contribution in [-0.2, 0) is 12.8 Å². The van der Waals surface area contributed by atoms with E-state index < -0.39 is 0 Å². The number of aromatic nitrogens is 4. The first-order valence-electron chi connectivity index (χ1n) is 38.5. The molecule has 0 radical (unpaired) electrons. The number of benzene rings is 18. The lowest BCUT2D eigenvalue weighted by molar-refractivity contribution is 0.103. The Morgan fingerprint density at radius 3 is 0.817 bits per heavy atom. The molecule has 0 amide bonds. The molecule has 0 spiro atoms. The molecule has 2 aromatic heterocycles. The van der Waals surface area contributed by atoms with Gasteiger partial charge in [-0.2, -0.15) is 0 Å². The first kappa shape index (κ1) is 70.3. The molecule has 9 nitrogen and oxygen atoms in total. The summed E-state index contributed by atoms with van der Waals surface area (Å²) in [6.07, 6.45) is 4.45. The monoisotopic (exact) mass is 1480 g/mol. The normalized spacial score (nSPS) is 11.4. The lowest BCUT2D eigenvalue weighted by Gasteiger charge is -2.15. The molecule has 20 rings (SSSR count). The first-order chi connectivity index (χ1) is 56.5. The molecule has 2 heterocycles. The number of carbonyl (C=O) groups is 4. The van der Waals surface area contributed by atoms with Crippen molar-refractivity contribution < 1.29 is 23.6 Å². The van der Waals surface area contributed by atoms with Crippen LogP contribution in [0.1, 0.15) is 97.7 Å². The Balaban J connectivity index is 0.000000158. The second-order valence-electron chi connectivity index (χ2n) is 29.3. The van der Waals surface area contributed by atoms with Crippen LogP contribution in [0.3, 0.4) is 0 Å². The van der Waals surface area contributed by atoms with Crippen LogP contribution in [0, 0.1) is 13.8 Å². The molecule has 0 fully saturated rings. The molecule has 0 N–H and O–H groups in total. The number of rotatable bonds is 16. The second kappa shape index (κ2) is 30.0. The van der Waals surface area contributed by atoms with E-state index in [1.807, 2.05) is 279 Å². The van der Waals surface area contributed by atoms with E-state index in [9.17, 15) is 19.2 Å². The van der Waals surface area contributed by atoms with Gasteiger partial charge in [-0.25, -0.2) is 0 Å². The number of nitrogens with zero attached hydrogens (tertiary/aromatic N) is 4. The molecule has 0 atom stereocenters. The van der Waals surface area contributed by atoms with Gasteiger partial charge in [0, 0.05) is 55.6 Å². The van der Waals surface area contributed by atoms with Crippen molar-refractivity contribution in [3.63, 3.8) is 0 Å². The zero-order valence-corrected chi connectivity index (χ0v) is 62.9. The molecule has 544 valence electrons. The van der Waals surface area contributed by atoms with Gasteiger partial charge in [0.1, 0.15) is 0 Å². The quantitative estimate of drug-likeness (QED) is 0.0867. The van der Waals surface area contributed by atoms with Gasteiger partial charge in [0.2, 0.25) is 11.8 Å². The summed E-state index contributed by atoms with van der Waals surface area (Å²) in [5.74, 6) is 0.915. The van der Waals surface area contributed by atoms with Crippen molar-refractivity contribution in [3.8, 4) is 44.8 Å². The number of ketones is 4. The second-order valence-corrected chi connectivity index (χ2v) is 29.3. The predicted molar refractivity (Wildman–Crippen MR) is 466 cm³/mol. The fourth-order valence-corrected chi connectivity index (χ4v) is 16.6. The van der Waals surface area contributed by atoms with Gasteiger partial charge in [0.15, 0.2) is 23.1 Å². The average molecular weight is 1480 g/mol. The first-order valence-corrected chi connectivity index (χ1v) is 38.5. The molecule has 0 unspecified atom stereocenters. The van der Waals surface area contributed by atoms with Crippen LogP contribution in [0.25, 0.3) is 131 Å². The van der Waals surface area contributed by atoms with Crippen LogP contribution < -0.4 is 0 Å². The Morgan fingerprint density at radius 1 is 0.235 bits per heavy atom. The Labute approximate surface area is 663 Å². The van der Waals surface area contributed by atoms with Gasteiger partial charge in [-0.3, -0.25) is 29.1 Å². The highest BCUT2D eigenvalue weighted by Crippen LogP contribution is 2.40. The maximum atomic E-state index is 14.6. The molecule has 18 aromatic carbocycles. The van der Waals surface area contributed by atoms with Crippen LogP contribution >= 0.6 is 0 Å². The van der Waals surface area contributed by atoms with Crippen LogP contribution in [0.2, 0.25) is 0 Å². The summed E-state index contributed by atoms with van der Waals surface area (Å²) in [5, 5.41) is 24.0. The SMILES string of the molecule is Cc1ccc(-c2ccc(C(=O)c3ccc(-c4cnc(-c5ccc(C(=O)c6ccc(-c7ccc(C)cc7)c7ccccc67)c6ccccc56)cn4)c4ccccc34)c3ccccc23)cc1.O=C(c1cccc2ccccc12)c1ccc(Cc2nnc(Cc3ccc(C(=O)c4cccc5ccccc45)c4ccccc34)o2)c2ccccc12. The van der Waals surface area contributed by atoms with Crippen molar-refractivity contribution in [2.75, 3.05) is 0 Å². The van der Waals surface area contributed by atoms with Gasteiger partial charge < -0.3 is 4.42 Å². The van der Waals surface area contributed by atoms with Gasteiger partial charge in [0.25, 0.3) is 0 Å². The van der Waals surface area contributed by atoms with Crippen molar-refractivity contribution in [1.29, 1.82) is 0 Å². The molecule has 0 aliphatic carbocycles. The largest absolute Gasteiger partial charge is 0.425 e. The van der Waals surface area contributed by atoms with E-state index in [1.54, 1.807) is 12.4 Å². The van der Waals surface area contributed by atoms with Crippen molar-refractivity contribution in [3.05, 3.63) is 443 Å². The molecular formula is C106H70N4O5. The van der Waals surface area contributed by atoms with Gasteiger partial charge in [-0.05, 0) is 158 Å². The molecule has 0 aliphatic rings. The van der Waals surface area contributed by atoms with E-state index in [0.29, 0.717) is 80.5 Å². The summed E-state index contributed by atoms with van der Waals surface area (Å²) in [4.78, 5) is 66.9. The van der Waals surface area contributed by atoms with E-state index in [-0.39, 0.29) is 23.1 Å². The summed E-state index contributed by atoms with van der Waals surface area (Å²) in [6, 6.07) is 117. The van der Waals surface area contributed by atoms with Gasteiger partial charge >= 0.3 is 0 Å². The molecule has 0 aliphatic heterocycles. The van der Waals surface area contributed by atoms with Crippen LogP contribution in [0.4, 0.5) is 0 Å². The zero-order chi connectivity index (χ0) is 77.6. The summed E-state index contributed by atoms with van der Waals surface area (Å²) in [6.45, 7) is 4.17. The highest BCUT2D eigenvalue weighted by molar-refractivity contribution is 6.26. The predicted octanol–water partition coefficient (Wildman–Crippen LogP) is 25.2. The van der Waals surface area contributed by atoms with E-state index in [2.05, 4.69) is 96.8 Å². The number of fused-ring (bicyclic) bond motifs is 8. The minimum absolute atomic E-state index is 0.00769. The van der Waals surface area contributed by atoms with E-state index in [4.69, 9.17) is 14.4 Å². The van der Waals surface area contributed by atoms with Crippen molar-refractivity contribution >= 4 is 109 Å². The number of hydrogen-bond donors (Lipinski definition) is 0. The zero-order valence-electron chi connectivity index (χ0n) is 62.9. The lowest BCUT2D eigenvalue weighted by Crippen LogP contribution is -2.05. The van der Waals surface area contributed by atoms with Crippen LogP contribution in [-0.4, -0.2) is 43.3 Å². The minimum Gasteiger partial charge on any atom is -0.425 e. The third-order valence-electron chi connectivity index (χ3n) is 22.4. The van der Waals surface area contributed by atoms with Gasteiger partial charge in [0.05, 0.1) is 36.6 Å².